The highest BCUT2D eigenvalue weighted by Gasteiger charge is 2.37. The SMILES string of the molecule is O=C(CCCC(=O)N1C(=O)SC[C@@H]1c1ccccc1)c1ccc(F)cc1. The van der Waals surface area contributed by atoms with Gasteiger partial charge in [0.1, 0.15) is 5.82 Å². The van der Waals surface area contributed by atoms with Gasteiger partial charge in [-0.3, -0.25) is 19.3 Å². The van der Waals surface area contributed by atoms with E-state index in [-0.39, 0.29) is 35.8 Å². The molecule has 0 aliphatic carbocycles. The maximum absolute atomic E-state index is 12.9. The summed E-state index contributed by atoms with van der Waals surface area (Å²) in [4.78, 5) is 38.0. The predicted molar refractivity (Wildman–Crippen MR) is 98.5 cm³/mol. The van der Waals surface area contributed by atoms with Crippen LogP contribution < -0.4 is 0 Å². The van der Waals surface area contributed by atoms with Crippen LogP contribution in [0.25, 0.3) is 0 Å². The van der Waals surface area contributed by atoms with E-state index in [1.807, 2.05) is 30.3 Å². The highest BCUT2D eigenvalue weighted by molar-refractivity contribution is 8.13. The highest BCUT2D eigenvalue weighted by atomic mass is 32.2. The number of thioether (sulfide) groups is 1. The van der Waals surface area contributed by atoms with Gasteiger partial charge < -0.3 is 0 Å². The van der Waals surface area contributed by atoms with E-state index in [0.29, 0.717) is 17.7 Å². The summed E-state index contributed by atoms with van der Waals surface area (Å²) in [7, 11) is 0. The molecule has 0 aromatic heterocycles. The molecule has 0 spiro atoms. The number of hydrogen-bond donors (Lipinski definition) is 0. The molecule has 2 aromatic carbocycles. The zero-order chi connectivity index (χ0) is 18.5. The fourth-order valence-corrected chi connectivity index (χ4v) is 3.93. The standard InChI is InChI=1S/C20H18FNO3S/c21-16-11-9-15(10-12-16)18(23)7-4-8-19(24)22-17(13-26-20(22)25)14-5-2-1-3-6-14/h1-3,5-6,9-12,17H,4,7-8,13H2/t17-/m1/s1. The molecule has 1 fully saturated rings. The molecule has 1 saturated heterocycles. The number of hydrogen-bond acceptors (Lipinski definition) is 4. The number of Topliss-reactive ketones (excluding diaryl/α,β-unsaturated/α-hetero) is 1. The third-order valence-corrected chi connectivity index (χ3v) is 5.21. The topological polar surface area (TPSA) is 54.5 Å². The summed E-state index contributed by atoms with van der Waals surface area (Å²) in [5.41, 5.74) is 1.36. The Morgan fingerprint density at radius 3 is 2.42 bits per heavy atom. The summed E-state index contributed by atoms with van der Waals surface area (Å²) >= 11 is 1.14. The smallest absolute Gasteiger partial charge is 0.288 e. The molecule has 0 unspecified atom stereocenters. The summed E-state index contributed by atoms with van der Waals surface area (Å²) in [5.74, 6) is -0.252. The number of amides is 2. The van der Waals surface area contributed by atoms with Gasteiger partial charge in [0.05, 0.1) is 6.04 Å². The van der Waals surface area contributed by atoms with E-state index in [1.165, 1.54) is 29.2 Å². The Morgan fingerprint density at radius 2 is 1.73 bits per heavy atom. The van der Waals surface area contributed by atoms with Crippen molar-refractivity contribution in [2.45, 2.75) is 25.3 Å². The molecule has 6 heteroatoms. The number of nitrogens with zero attached hydrogens (tertiary/aromatic N) is 1. The third-order valence-electron chi connectivity index (χ3n) is 4.29. The number of carbonyl (C=O) groups excluding carboxylic acids is 3. The van der Waals surface area contributed by atoms with Crippen molar-refractivity contribution in [1.29, 1.82) is 0 Å². The monoisotopic (exact) mass is 371 g/mol. The first kappa shape index (κ1) is 18.3. The summed E-state index contributed by atoms with van der Waals surface area (Å²) in [6, 6.07) is 14.6. The fraction of sp³-hybridized carbons (Fsp3) is 0.250. The molecular weight excluding hydrogens is 353 g/mol. The first-order chi connectivity index (χ1) is 12.6. The van der Waals surface area contributed by atoms with Crippen LogP contribution in [0, 0.1) is 5.82 Å². The molecule has 1 atom stereocenters. The zero-order valence-electron chi connectivity index (χ0n) is 14.1. The van der Waals surface area contributed by atoms with Crippen molar-refractivity contribution in [3.8, 4) is 0 Å². The minimum atomic E-state index is -0.395. The molecular formula is C20H18FNO3S. The molecule has 0 N–H and O–H groups in total. The van der Waals surface area contributed by atoms with Crippen molar-refractivity contribution in [2.75, 3.05) is 5.75 Å². The molecule has 2 amide bonds. The van der Waals surface area contributed by atoms with Crippen molar-refractivity contribution < 1.29 is 18.8 Å². The van der Waals surface area contributed by atoms with E-state index in [0.717, 1.165) is 17.3 Å². The Labute approximate surface area is 155 Å². The number of benzene rings is 2. The maximum Gasteiger partial charge on any atom is 0.288 e. The van der Waals surface area contributed by atoms with E-state index in [1.54, 1.807) is 0 Å². The summed E-state index contributed by atoms with van der Waals surface area (Å²) < 4.78 is 12.9. The van der Waals surface area contributed by atoms with Gasteiger partial charge in [0.25, 0.3) is 5.24 Å². The lowest BCUT2D eigenvalue weighted by Crippen LogP contribution is -2.33. The summed E-state index contributed by atoms with van der Waals surface area (Å²) in [5, 5.41) is -0.242. The second-order valence-corrected chi connectivity index (χ2v) is 7.02. The van der Waals surface area contributed by atoms with Gasteiger partial charge in [0.15, 0.2) is 5.78 Å². The van der Waals surface area contributed by atoms with Crippen LogP contribution in [-0.4, -0.2) is 27.6 Å². The molecule has 1 heterocycles. The molecule has 4 nitrogen and oxygen atoms in total. The maximum atomic E-state index is 12.9. The Hall–Kier alpha value is -2.47. The van der Waals surface area contributed by atoms with Gasteiger partial charge in [-0.15, -0.1) is 0 Å². The van der Waals surface area contributed by atoms with Crippen LogP contribution in [0.3, 0.4) is 0 Å². The van der Waals surface area contributed by atoms with Gasteiger partial charge in [-0.05, 0) is 36.2 Å². The Balaban J connectivity index is 1.57. The van der Waals surface area contributed by atoms with Gasteiger partial charge in [0.2, 0.25) is 5.91 Å². The fourth-order valence-electron chi connectivity index (χ4n) is 2.92. The lowest BCUT2D eigenvalue weighted by Gasteiger charge is -2.22. The minimum absolute atomic E-state index is 0.128. The number of rotatable bonds is 6. The van der Waals surface area contributed by atoms with Gasteiger partial charge in [-0.2, -0.15) is 0 Å². The van der Waals surface area contributed by atoms with E-state index in [4.69, 9.17) is 0 Å². The van der Waals surface area contributed by atoms with E-state index >= 15 is 0 Å². The lowest BCUT2D eigenvalue weighted by atomic mass is 10.0. The molecule has 0 radical (unpaired) electrons. The van der Waals surface area contributed by atoms with Crippen molar-refractivity contribution in [2.24, 2.45) is 0 Å². The summed E-state index contributed by atoms with van der Waals surface area (Å²) in [6.45, 7) is 0. The van der Waals surface area contributed by atoms with Crippen LogP contribution >= 0.6 is 11.8 Å². The van der Waals surface area contributed by atoms with Crippen molar-refractivity contribution in [3.63, 3.8) is 0 Å². The third kappa shape index (κ3) is 4.19. The van der Waals surface area contributed by atoms with Crippen molar-refractivity contribution >= 4 is 28.7 Å². The highest BCUT2D eigenvalue weighted by Crippen LogP contribution is 2.35. The average molecular weight is 371 g/mol. The van der Waals surface area contributed by atoms with Crippen molar-refractivity contribution in [1.82, 2.24) is 4.90 Å². The van der Waals surface area contributed by atoms with Gasteiger partial charge in [-0.1, -0.05) is 42.1 Å². The lowest BCUT2D eigenvalue weighted by molar-refractivity contribution is -0.129. The molecule has 3 rings (SSSR count). The van der Waals surface area contributed by atoms with Crippen LogP contribution in [-0.2, 0) is 4.79 Å². The zero-order valence-corrected chi connectivity index (χ0v) is 14.9. The van der Waals surface area contributed by atoms with Gasteiger partial charge in [0, 0.05) is 24.2 Å². The van der Waals surface area contributed by atoms with E-state index in [2.05, 4.69) is 0 Å². The molecule has 0 saturated carbocycles. The molecule has 26 heavy (non-hydrogen) atoms. The minimum Gasteiger partial charge on any atom is -0.294 e. The van der Waals surface area contributed by atoms with Crippen LogP contribution in [0.2, 0.25) is 0 Å². The van der Waals surface area contributed by atoms with Gasteiger partial charge in [-0.25, -0.2) is 4.39 Å². The number of ketones is 1. The number of imide groups is 1. The Morgan fingerprint density at radius 1 is 1.04 bits per heavy atom. The first-order valence-corrected chi connectivity index (χ1v) is 9.37. The quantitative estimate of drug-likeness (QED) is 0.696. The molecule has 1 aliphatic rings. The normalized spacial score (nSPS) is 16.7. The second-order valence-electron chi connectivity index (χ2n) is 6.05. The Bertz CT molecular complexity index is 808. The van der Waals surface area contributed by atoms with Crippen LogP contribution in [0.15, 0.2) is 54.6 Å². The van der Waals surface area contributed by atoms with Crippen LogP contribution in [0.5, 0.6) is 0 Å². The van der Waals surface area contributed by atoms with Gasteiger partial charge >= 0.3 is 0 Å². The van der Waals surface area contributed by atoms with Crippen molar-refractivity contribution in [3.05, 3.63) is 71.5 Å². The second kappa shape index (κ2) is 8.27. The first-order valence-electron chi connectivity index (χ1n) is 8.39. The molecule has 1 aliphatic heterocycles. The molecule has 0 bridgehead atoms. The Kier molecular flexibility index (Phi) is 5.83. The number of halogens is 1. The van der Waals surface area contributed by atoms with Crippen LogP contribution in [0.1, 0.15) is 41.2 Å². The van der Waals surface area contributed by atoms with Crippen LogP contribution in [0.4, 0.5) is 9.18 Å². The number of carbonyl (C=O) groups is 3. The van der Waals surface area contributed by atoms with E-state index < -0.39 is 5.82 Å². The summed E-state index contributed by atoms with van der Waals surface area (Å²) in [6.07, 6.45) is 0.663. The average Bonchev–Trinajstić information content (AvgIpc) is 3.04. The molecule has 2 aromatic rings. The van der Waals surface area contributed by atoms with E-state index in [9.17, 15) is 18.8 Å². The predicted octanol–water partition coefficient (Wildman–Crippen LogP) is 4.62. The largest absolute Gasteiger partial charge is 0.294 e. The molecule has 134 valence electrons.